The van der Waals surface area contributed by atoms with E-state index in [9.17, 15) is 4.79 Å². The Morgan fingerprint density at radius 1 is 1.37 bits per heavy atom. The van der Waals surface area contributed by atoms with Crippen LogP contribution in [0, 0.1) is 0 Å². The standard InChI is InChI=1S/C14H15N3O2/c1-19-13-5-3-2-4-10(13)8-17-14(18)11-6-7-16-9-12(11)15/h2-7,9H,8,15H2,1H3,(H,17,18). The average molecular weight is 257 g/mol. The summed E-state index contributed by atoms with van der Waals surface area (Å²) in [7, 11) is 1.60. The number of nitrogens with one attached hydrogen (secondary N) is 1. The zero-order valence-electron chi connectivity index (χ0n) is 10.6. The van der Waals surface area contributed by atoms with Crippen molar-refractivity contribution in [3.8, 4) is 5.75 Å². The van der Waals surface area contributed by atoms with E-state index in [0.29, 0.717) is 17.8 Å². The average Bonchev–Trinajstić information content (AvgIpc) is 2.45. The van der Waals surface area contributed by atoms with Gasteiger partial charge in [-0.05, 0) is 12.1 Å². The molecule has 0 aliphatic carbocycles. The van der Waals surface area contributed by atoms with Crippen LogP contribution in [-0.2, 0) is 6.54 Å². The summed E-state index contributed by atoms with van der Waals surface area (Å²) in [6, 6.07) is 9.11. The number of nitrogens with two attached hydrogens (primary N) is 1. The molecule has 0 spiro atoms. The Kier molecular flexibility index (Phi) is 3.97. The van der Waals surface area contributed by atoms with Gasteiger partial charge in [-0.1, -0.05) is 18.2 Å². The number of ether oxygens (including phenoxy) is 1. The number of amides is 1. The number of anilines is 1. The molecule has 0 fully saturated rings. The number of benzene rings is 1. The van der Waals surface area contributed by atoms with Crippen LogP contribution in [0.25, 0.3) is 0 Å². The Balaban J connectivity index is 2.07. The second kappa shape index (κ2) is 5.86. The van der Waals surface area contributed by atoms with Crippen molar-refractivity contribution in [3.63, 3.8) is 0 Å². The summed E-state index contributed by atoms with van der Waals surface area (Å²) in [5.74, 6) is 0.510. The van der Waals surface area contributed by atoms with Crippen LogP contribution in [0.1, 0.15) is 15.9 Å². The molecule has 1 amide bonds. The molecule has 0 atom stereocenters. The van der Waals surface area contributed by atoms with Crippen LogP contribution in [-0.4, -0.2) is 18.0 Å². The molecule has 5 nitrogen and oxygen atoms in total. The van der Waals surface area contributed by atoms with E-state index in [1.807, 2.05) is 24.3 Å². The van der Waals surface area contributed by atoms with Crippen molar-refractivity contribution in [2.45, 2.75) is 6.54 Å². The second-order valence-corrected chi connectivity index (χ2v) is 3.96. The molecule has 1 heterocycles. The molecule has 19 heavy (non-hydrogen) atoms. The van der Waals surface area contributed by atoms with Gasteiger partial charge in [-0.2, -0.15) is 0 Å². The molecule has 0 unspecified atom stereocenters. The molecule has 0 bridgehead atoms. The summed E-state index contributed by atoms with van der Waals surface area (Å²) in [5, 5.41) is 2.80. The third-order valence-corrected chi connectivity index (χ3v) is 2.73. The number of para-hydroxylation sites is 1. The van der Waals surface area contributed by atoms with Gasteiger partial charge in [-0.15, -0.1) is 0 Å². The zero-order chi connectivity index (χ0) is 13.7. The fourth-order valence-corrected chi connectivity index (χ4v) is 1.73. The lowest BCUT2D eigenvalue weighted by atomic mass is 10.2. The second-order valence-electron chi connectivity index (χ2n) is 3.96. The molecular formula is C14H15N3O2. The van der Waals surface area contributed by atoms with Gasteiger partial charge in [0.25, 0.3) is 5.91 Å². The van der Waals surface area contributed by atoms with Gasteiger partial charge >= 0.3 is 0 Å². The van der Waals surface area contributed by atoms with Crippen molar-refractivity contribution in [2.24, 2.45) is 0 Å². The van der Waals surface area contributed by atoms with Gasteiger partial charge in [-0.25, -0.2) is 0 Å². The normalized spacial score (nSPS) is 9.95. The highest BCUT2D eigenvalue weighted by atomic mass is 16.5. The third kappa shape index (κ3) is 3.01. The summed E-state index contributed by atoms with van der Waals surface area (Å²) >= 11 is 0. The minimum Gasteiger partial charge on any atom is -0.496 e. The maximum Gasteiger partial charge on any atom is 0.253 e. The van der Waals surface area contributed by atoms with Crippen molar-refractivity contribution < 1.29 is 9.53 Å². The summed E-state index contributed by atoms with van der Waals surface area (Å²) in [6.45, 7) is 0.380. The van der Waals surface area contributed by atoms with Crippen LogP contribution < -0.4 is 15.8 Å². The first-order chi connectivity index (χ1) is 9.22. The van der Waals surface area contributed by atoms with Crippen LogP contribution in [0.15, 0.2) is 42.7 Å². The number of hydrogen-bond donors (Lipinski definition) is 2. The maximum absolute atomic E-state index is 12.0. The number of nitrogen functional groups attached to an aromatic ring is 1. The van der Waals surface area contributed by atoms with E-state index in [2.05, 4.69) is 10.3 Å². The molecule has 1 aromatic carbocycles. The molecule has 0 saturated carbocycles. The maximum atomic E-state index is 12.0. The van der Waals surface area contributed by atoms with Gasteiger partial charge in [0.2, 0.25) is 0 Å². The number of rotatable bonds is 4. The zero-order valence-corrected chi connectivity index (χ0v) is 10.6. The smallest absolute Gasteiger partial charge is 0.253 e. The van der Waals surface area contributed by atoms with E-state index in [4.69, 9.17) is 10.5 Å². The highest BCUT2D eigenvalue weighted by molar-refractivity contribution is 5.98. The predicted molar refractivity (Wildman–Crippen MR) is 72.8 cm³/mol. The molecule has 2 aromatic rings. The molecule has 0 saturated heterocycles. The molecule has 5 heteroatoms. The third-order valence-electron chi connectivity index (χ3n) is 2.73. The molecule has 1 aromatic heterocycles. The quantitative estimate of drug-likeness (QED) is 0.872. The first kappa shape index (κ1) is 12.9. The van der Waals surface area contributed by atoms with Gasteiger partial charge in [-0.3, -0.25) is 9.78 Å². The highest BCUT2D eigenvalue weighted by Gasteiger charge is 2.10. The number of carbonyl (C=O) groups is 1. The molecule has 0 radical (unpaired) electrons. The van der Waals surface area contributed by atoms with E-state index in [0.717, 1.165) is 11.3 Å². The summed E-state index contributed by atoms with van der Waals surface area (Å²) in [6.07, 6.45) is 2.99. The van der Waals surface area contributed by atoms with Crippen LogP contribution in [0.2, 0.25) is 0 Å². The molecule has 0 aliphatic rings. The predicted octanol–water partition coefficient (Wildman–Crippen LogP) is 1.60. The van der Waals surface area contributed by atoms with Gasteiger partial charge in [0.15, 0.2) is 0 Å². The van der Waals surface area contributed by atoms with Crippen molar-refractivity contribution >= 4 is 11.6 Å². The van der Waals surface area contributed by atoms with Crippen molar-refractivity contribution in [1.29, 1.82) is 0 Å². The first-order valence-corrected chi connectivity index (χ1v) is 5.82. The first-order valence-electron chi connectivity index (χ1n) is 5.82. The van der Waals surface area contributed by atoms with Crippen LogP contribution >= 0.6 is 0 Å². The summed E-state index contributed by atoms with van der Waals surface area (Å²) < 4.78 is 5.22. The van der Waals surface area contributed by atoms with Crippen molar-refractivity contribution in [3.05, 3.63) is 53.9 Å². The summed E-state index contributed by atoms with van der Waals surface area (Å²) in [4.78, 5) is 15.8. The van der Waals surface area contributed by atoms with Gasteiger partial charge in [0.05, 0.1) is 24.6 Å². The van der Waals surface area contributed by atoms with E-state index in [-0.39, 0.29) is 5.91 Å². The lowest BCUT2D eigenvalue weighted by molar-refractivity contribution is 0.0951. The number of hydrogen-bond acceptors (Lipinski definition) is 4. The molecule has 98 valence electrons. The molecule has 2 rings (SSSR count). The minimum absolute atomic E-state index is 0.231. The van der Waals surface area contributed by atoms with Gasteiger partial charge in [0.1, 0.15) is 5.75 Å². The lowest BCUT2D eigenvalue weighted by Gasteiger charge is -2.10. The number of aromatic nitrogens is 1. The number of carbonyl (C=O) groups excluding carboxylic acids is 1. The van der Waals surface area contributed by atoms with Crippen LogP contribution in [0.5, 0.6) is 5.75 Å². The fraction of sp³-hybridized carbons (Fsp3) is 0.143. The van der Waals surface area contributed by atoms with E-state index >= 15 is 0 Å². The Morgan fingerprint density at radius 2 is 2.16 bits per heavy atom. The van der Waals surface area contributed by atoms with Crippen molar-refractivity contribution in [2.75, 3.05) is 12.8 Å². The number of methoxy groups -OCH3 is 1. The topological polar surface area (TPSA) is 77.2 Å². The Bertz CT molecular complexity index is 584. The Hall–Kier alpha value is -2.56. The minimum atomic E-state index is -0.231. The molecule has 0 aliphatic heterocycles. The van der Waals surface area contributed by atoms with Gasteiger partial charge < -0.3 is 15.8 Å². The fourth-order valence-electron chi connectivity index (χ4n) is 1.73. The number of pyridine rings is 1. The van der Waals surface area contributed by atoms with Gasteiger partial charge in [0, 0.05) is 18.3 Å². The Labute approximate surface area is 111 Å². The monoisotopic (exact) mass is 257 g/mol. The highest BCUT2D eigenvalue weighted by Crippen LogP contribution is 2.17. The van der Waals surface area contributed by atoms with E-state index in [1.165, 1.54) is 12.4 Å². The Morgan fingerprint density at radius 3 is 2.89 bits per heavy atom. The molecular weight excluding hydrogens is 242 g/mol. The molecule has 3 N–H and O–H groups in total. The van der Waals surface area contributed by atoms with Crippen molar-refractivity contribution in [1.82, 2.24) is 10.3 Å². The number of nitrogens with zero attached hydrogens (tertiary/aromatic N) is 1. The van der Waals surface area contributed by atoms with E-state index in [1.54, 1.807) is 13.2 Å². The van der Waals surface area contributed by atoms with Crippen LogP contribution in [0.3, 0.4) is 0 Å². The largest absolute Gasteiger partial charge is 0.496 e. The van der Waals surface area contributed by atoms with E-state index < -0.39 is 0 Å². The SMILES string of the molecule is COc1ccccc1CNC(=O)c1ccncc1N. The van der Waals surface area contributed by atoms with Crippen LogP contribution in [0.4, 0.5) is 5.69 Å². The lowest BCUT2D eigenvalue weighted by Crippen LogP contribution is -2.24. The summed E-state index contributed by atoms with van der Waals surface area (Å²) in [5.41, 5.74) is 7.39.